The molecule has 0 saturated carbocycles. The first-order valence-corrected chi connectivity index (χ1v) is 13.2. The Bertz CT molecular complexity index is 1510. The van der Waals surface area contributed by atoms with Crippen molar-refractivity contribution in [3.05, 3.63) is 72.4 Å². The molecule has 1 aliphatic rings. The molecule has 0 bridgehead atoms. The number of nitrogens with one attached hydrogen (secondary N) is 1. The van der Waals surface area contributed by atoms with Crippen LogP contribution in [-0.2, 0) is 11.2 Å². The maximum atomic E-state index is 12.5. The normalized spacial score (nSPS) is 15.4. The average Bonchev–Trinajstić information content (AvgIpc) is 3.40. The van der Waals surface area contributed by atoms with E-state index in [9.17, 15) is 20.3 Å². The molecule has 1 fully saturated rings. The van der Waals surface area contributed by atoms with E-state index in [0.29, 0.717) is 55.8 Å². The van der Waals surface area contributed by atoms with Gasteiger partial charge in [-0.25, -0.2) is 9.50 Å². The Kier molecular flexibility index (Phi) is 7.91. The minimum absolute atomic E-state index is 0.468. The Morgan fingerprint density at radius 3 is 2.70 bits per heavy atom. The van der Waals surface area contributed by atoms with Crippen LogP contribution in [0.4, 0.5) is 5.82 Å². The van der Waals surface area contributed by atoms with E-state index in [1.807, 2.05) is 43.3 Å². The number of fused-ring (bicyclic) bond motifs is 1. The SMILES string of the molecule is CCOc1cc(-c2ccc(N3CCC(Cc4ccccn4)(NC(=O)C(O)CO)CC3)nc2)c2c(C#N)cnn2c1. The van der Waals surface area contributed by atoms with E-state index in [1.54, 1.807) is 29.3 Å². The van der Waals surface area contributed by atoms with Crippen LogP contribution in [0, 0.1) is 11.3 Å². The number of pyridine rings is 3. The minimum atomic E-state index is -1.47. The summed E-state index contributed by atoms with van der Waals surface area (Å²) in [5.74, 6) is 0.852. The summed E-state index contributed by atoms with van der Waals surface area (Å²) in [6.45, 7) is 3.03. The molecule has 1 unspecified atom stereocenters. The van der Waals surface area contributed by atoms with Crippen molar-refractivity contribution in [3.63, 3.8) is 0 Å². The molecule has 1 aliphatic heterocycles. The molecule has 11 nitrogen and oxygen atoms in total. The summed E-state index contributed by atoms with van der Waals surface area (Å²) in [4.78, 5) is 23.9. The minimum Gasteiger partial charge on any atom is -0.492 e. The fourth-order valence-electron chi connectivity index (χ4n) is 5.16. The highest BCUT2D eigenvalue weighted by atomic mass is 16.5. The molecule has 0 radical (unpaired) electrons. The maximum absolute atomic E-state index is 12.5. The lowest BCUT2D eigenvalue weighted by atomic mass is 9.82. The number of ether oxygens (including phenoxy) is 1. The third kappa shape index (κ3) is 5.59. The Morgan fingerprint density at radius 2 is 2.05 bits per heavy atom. The van der Waals surface area contributed by atoms with Crippen LogP contribution < -0.4 is 15.0 Å². The van der Waals surface area contributed by atoms with Gasteiger partial charge in [0.25, 0.3) is 5.91 Å². The molecule has 0 spiro atoms. The number of piperidine rings is 1. The zero-order chi connectivity index (χ0) is 28.1. The fraction of sp³-hybridized carbons (Fsp3) is 0.345. The summed E-state index contributed by atoms with van der Waals surface area (Å²) in [5.41, 5.74) is 3.03. The fourth-order valence-corrected chi connectivity index (χ4v) is 5.16. The molecular weight excluding hydrogens is 510 g/mol. The Labute approximate surface area is 231 Å². The predicted octanol–water partition coefficient (Wildman–Crippen LogP) is 2.11. The molecule has 5 rings (SSSR count). The van der Waals surface area contributed by atoms with E-state index in [-0.39, 0.29) is 0 Å². The molecule has 4 aromatic heterocycles. The average molecular weight is 542 g/mol. The number of hydrogen-bond donors (Lipinski definition) is 3. The number of carbonyl (C=O) groups excluding carboxylic acids is 1. The summed E-state index contributed by atoms with van der Waals surface area (Å²) in [6, 6.07) is 13.7. The smallest absolute Gasteiger partial charge is 0.251 e. The Morgan fingerprint density at radius 1 is 1.23 bits per heavy atom. The van der Waals surface area contributed by atoms with Crippen molar-refractivity contribution in [3.8, 4) is 22.9 Å². The molecule has 1 saturated heterocycles. The first kappa shape index (κ1) is 27.1. The second-order valence-electron chi connectivity index (χ2n) is 9.84. The lowest BCUT2D eigenvalue weighted by Crippen LogP contribution is -2.59. The monoisotopic (exact) mass is 541 g/mol. The van der Waals surface area contributed by atoms with Crippen molar-refractivity contribution in [2.24, 2.45) is 0 Å². The summed E-state index contributed by atoms with van der Waals surface area (Å²) >= 11 is 0. The van der Waals surface area contributed by atoms with Gasteiger partial charge >= 0.3 is 0 Å². The molecule has 1 amide bonds. The van der Waals surface area contributed by atoms with Crippen LogP contribution in [-0.4, -0.2) is 73.6 Å². The third-order valence-corrected chi connectivity index (χ3v) is 7.23. The van der Waals surface area contributed by atoms with E-state index in [2.05, 4.69) is 26.4 Å². The topological polar surface area (TPSA) is 149 Å². The molecular formula is C29H31N7O4. The predicted molar refractivity (Wildman–Crippen MR) is 148 cm³/mol. The van der Waals surface area contributed by atoms with Crippen LogP contribution in [0.5, 0.6) is 5.75 Å². The summed E-state index contributed by atoms with van der Waals surface area (Å²) in [6.07, 6.45) is 7.05. The summed E-state index contributed by atoms with van der Waals surface area (Å²) < 4.78 is 7.37. The van der Waals surface area contributed by atoms with Crippen molar-refractivity contribution < 1.29 is 19.7 Å². The van der Waals surface area contributed by atoms with Gasteiger partial charge in [0.2, 0.25) is 0 Å². The molecule has 3 N–H and O–H groups in total. The van der Waals surface area contributed by atoms with Crippen molar-refractivity contribution >= 4 is 17.2 Å². The highest BCUT2D eigenvalue weighted by Gasteiger charge is 2.38. The molecule has 4 aromatic rings. The summed E-state index contributed by atoms with van der Waals surface area (Å²) in [5, 5.41) is 36.1. The summed E-state index contributed by atoms with van der Waals surface area (Å²) in [7, 11) is 0. The van der Waals surface area contributed by atoms with E-state index in [4.69, 9.17) is 9.72 Å². The first-order valence-electron chi connectivity index (χ1n) is 13.2. The number of aromatic nitrogens is 4. The second kappa shape index (κ2) is 11.7. The number of aliphatic hydroxyl groups excluding tert-OH is 2. The van der Waals surface area contributed by atoms with E-state index >= 15 is 0 Å². The number of nitriles is 1. The van der Waals surface area contributed by atoms with Crippen LogP contribution in [0.2, 0.25) is 0 Å². The molecule has 11 heteroatoms. The molecule has 40 heavy (non-hydrogen) atoms. The number of amides is 1. The van der Waals surface area contributed by atoms with Gasteiger partial charge in [-0.05, 0) is 50.1 Å². The molecule has 5 heterocycles. The second-order valence-corrected chi connectivity index (χ2v) is 9.84. The number of anilines is 1. The van der Waals surface area contributed by atoms with Crippen molar-refractivity contribution in [2.75, 3.05) is 31.2 Å². The quantitative estimate of drug-likeness (QED) is 0.290. The number of carbonyl (C=O) groups is 1. The maximum Gasteiger partial charge on any atom is 0.251 e. The number of nitrogens with zero attached hydrogens (tertiary/aromatic N) is 6. The zero-order valence-corrected chi connectivity index (χ0v) is 22.2. The van der Waals surface area contributed by atoms with Gasteiger partial charge in [0.05, 0.1) is 36.7 Å². The van der Waals surface area contributed by atoms with Gasteiger partial charge in [-0.15, -0.1) is 0 Å². The van der Waals surface area contributed by atoms with Crippen molar-refractivity contribution in [2.45, 2.75) is 37.8 Å². The van der Waals surface area contributed by atoms with Gasteiger partial charge in [0.1, 0.15) is 17.6 Å². The number of aliphatic hydroxyl groups is 2. The van der Waals surface area contributed by atoms with Crippen LogP contribution in [0.15, 0.2) is 61.2 Å². The first-order chi connectivity index (χ1) is 19.4. The molecule has 0 aromatic carbocycles. The van der Waals surface area contributed by atoms with Crippen LogP contribution in [0.1, 0.15) is 31.0 Å². The van der Waals surface area contributed by atoms with E-state index < -0.39 is 24.2 Å². The van der Waals surface area contributed by atoms with Gasteiger partial charge in [-0.3, -0.25) is 9.78 Å². The molecule has 1 atom stereocenters. The third-order valence-electron chi connectivity index (χ3n) is 7.23. The van der Waals surface area contributed by atoms with Crippen LogP contribution in [0.3, 0.4) is 0 Å². The van der Waals surface area contributed by atoms with Gasteiger partial charge in [0.15, 0.2) is 6.10 Å². The number of rotatable bonds is 9. The standard InChI is InChI=1S/C29H31N7O4/c1-2-40-23-13-24(27-21(15-30)17-33-36(27)18-23)20-6-7-26(32-16-20)35-11-8-29(9-12-35,34-28(39)25(38)19-37)14-22-5-3-4-10-31-22/h3-7,10,13,16-18,25,37-38H,2,8-9,11-12,14,19H2,1H3,(H,34,39). The van der Waals surface area contributed by atoms with E-state index in [1.165, 1.54) is 0 Å². The Hall–Kier alpha value is -4.53. The zero-order valence-electron chi connectivity index (χ0n) is 22.2. The van der Waals surface area contributed by atoms with E-state index in [0.717, 1.165) is 22.6 Å². The molecule has 0 aliphatic carbocycles. The Balaban J connectivity index is 1.37. The van der Waals surface area contributed by atoms with Gasteiger partial charge in [-0.1, -0.05) is 6.07 Å². The highest BCUT2D eigenvalue weighted by molar-refractivity contribution is 5.85. The lowest BCUT2D eigenvalue weighted by Gasteiger charge is -2.43. The van der Waals surface area contributed by atoms with Crippen molar-refractivity contribution in [1.29, 1.82) is 5.26 Å². The largest absolute Gasteiger partial charge is 0.492 e. The van der Waals surface area contributed by atoms with Gasteiger partial charge in [-0.2, -0.15) is 10.4 Å². The molecule has 206 valence electrons. The highest BCUT2D eigenvalue weighted by Crippen LogP contribution is 2.33. The van der Waals surface area contributed by atoms with Gasteiger partial charge < -0.3 is 25.2 Å². The van der Waals surface area contributed by atoms with Crippen molar-refractivity contribution in [1.82, 2.24) is 24.9 Å². The van der Waals surface area contributed by atoms with Crippen LogP contribution >= 0.6 is 0 Å². The van der Waals surface area contributed by atoms with Crippen LogP contribution in [0.25, 0.3) is 16.6 Å². The number of hydrogen-bond acceptors (Lipinski definition) is 9. The van der Waals surface area contributed by atoms with Gasteiger partial charge in [0, 0.05) is 54.3 Å². The lowest BCUT2D eigenvalue weighted by molar-refractivity contribution is -0.133.